The van der Waals surface area contributed by atoms with Crippen molar-refractivity contribution in [1.82, 2.24) is 30.3 Å². The van der Waals surface area contributed by atoms with E-state index in [4.69, 9.17) is 0 Å². The van der Waals surface area contributed by atoms with Gasteiger partial charge in [0.2, 0.25) is 11.8 Å². The van der Waals surface area contributed by atoms with Crippen molar-refractivity contribution in [3.63, 3.8) is 0 Å². The molecule has 4 fully saturated rings. The minimum absolute atomic E-state index is 0.0221. The van der Waals surface area contributed by atoms with E-state index < -0.39 is 17.3 Å². The van der Waals surface area contributed by atoms with Crippen molar-refractivity contribution in [3.8, 4) is 11.4 Å². The molecule has 3 saturated heterocycles. The number of aromatic amines is 2. The summed E-state index contributed by atoms with van der Waals surface area (Å²) in [6.07, 6.45) is 3.77. The van der Waals surface area contributed by atoms with Crippen LogP contribution in [0.1, 0.15) is 72.6 Å². The summed E-state index contributed by atoms with van der Waals surface area (Å²) in [6.45, 7) is 9.07. The van der Waals surface area contributed by atoms with E-state index in [1.807, 2.05) is 41.3 Å². The average molecular weight is 710 g/mol. The third-order valence-corrected chi connectivity index (χ3v) is 13.0. The van der Waals surface area contributed by atoms with Crippen LogP contribution in [-0.2, 0) is 22.4 Å². The lowest BCUT2D eigenvalue weighted by Gasteiger charge is -2.43. The quantitative estimate of drug-likeness (QED) is 0.228. The summed E-state index contributed by atoms with van der Waals surface area (Å²) in [5.74, 6) is -3.32. The number of piperidine rings is 2. The molecule has 5 aliphatic rings. The average Bonchev–Trinajstić information content (AvgIpc) is 3.52. The van der Waals surface area contributed by atoms with Crippen molar-refractivity contribution >= 4 is 34.3 Å². The summed E-state index contributed by atoms with van der Waals surface area (Å²) in [4.78, 5) is 47.9. The van der Waals surface area contributed by atoms with Gasteiger partial charge in [-0.1, -0.05) is 25.1 Å². The molecule has 52 heavy (non-hydrogen) atoms. The molecule has 4 aromatic rings. The maximum absolute atomic E-state index is 14.5. The number of alkyl halides is 2. The first kappa shape index (κ1) is 33.3. The maximum Gasteiger partial charge on any atom is 0.258 e. The lowest BCUT2D eigenvalue weighted by molar-refractivity contribution is -0.134. The van der Waals surface area contributed by atoms with Crippen LogP contribution in [0.15, 0.2) is 48.5 Å². The van der Waals surface area contributed by atoms with Crippen molar-refractivity contribution in [3.05, 3.63) is 70.9 Å². The number of hydrogen-bond donors (Lipinski definition) is 3. The summed E-state index contributed by atoms with van der Waals surface area (Å²) in [7, 11) is 0. The van der Waals surface area contributed by atoms with E-state index in [1.165, 1.54) is 5.69 Å². The van der Waals surface area contributed by atoms with Gasteiger partial charge in [-0.3, -0.25) is 29.7 Å². The highest BCUT2D eigenvalue weighted by Gasteiger charge is 2.78. The van der Waals surface area contributed by atoms with Crippen LogP contribution in [0.4, 0.5) is 14.5 Å². The van der Waals surface area contributed by atoms with Gasteiger partial charge in [-0.05, 0) is 74.4 Å². The second-order valence-electron chi connectivity index (χ2n) is 16.1. The first-order valence-electron chi connectivity index (χ1n) is 18.8. The first-order valence-corrected chi connectivity index (χ1v) is 18.8. The molecule has 3 amide bonds. The fourth-order valence-electron chi connectivity index (χ4n) is 9.49. The number of aromatic nitrogens is 3. The Morgan fingerprint density at radius 2 is 1.79 bits per heavy atom. The van der Waals surface area contributed by atoms with E-state index in [0.717, 1.165) is 72.4 Å². The number of H-pyrrole nitrogens is 2. The molecule has 10 nitrogen and oxygen atoms in total. The number of carbonyl (C=O) groups is 3. The van der Waals surface area contributed by atoms with Gasteiger partial charge in [0.25, 0.3) is 11.8 Å². The number of fused-ring (bicyclic) bond motifs is 3. The molecule has 0 radical (unpaired) electrons. The SMILES string of the molecule is C[C@@H]1CN(C(=O)c2ccc3cc(-c4n[nH]c5c4C[C@@H]4C(F)(F)[C@]4(C)C5)[nH]c3c2)CCN1CC1CCN(c2ccc(C3CCC(=O)NC3=O)cc2)CC1. The predicted molar refractivity (Wildman–Crippen MR) is 193 cm³/mol. The topological polar surface area (TPSA) is 117 Å². The molecule has 2 aliphatic carbocycles. The Kier molecular flexibility index (Phi) is 7.84. The number of anilines is 1. The highest BCUT2D eigenvalue weighted by atomic mass is 19.3. The Balaban J connectivity index is 0.783. The molecule has 0 spiro atoms. The number of nitrogens with one attached hydrogen (secondary N) is 3. The van der Waals surface area contributed by atoms with E-state index in [0.29, 0.717) is 55.9 Å². The Morgan fingerprint density at radius 3 is 2.54 bits per heavy atom. The standard InChI is InChI=1S/C40H45F2N7O3/c1-23-21-49(16-15-48(23)22-24-11-13-47(14-12-24)28-7-5-25(6-8-28)29-9-10-35(50)44-37(29)51)38(52)27-4-3-26-17-32(43-31(26)18-27)36-30-19-34-39(2,40(34,41)42)20-33(30)45-46-36/h3-8,17-18,23-24,29,34,43H,9-16,19-22H2,1-2H3,(H,45,46)(H,44,50,51)/t23-,29?,34+,39-/m1/s1. The summed E-state index contributed by atoms with van der Waals surface area (Å²) >= 11 is 0. The zero-order valence-corrected chi connectivity index (χ0v) is 29.7. The van der Waals surface area contributed by atoms with E-state index in [2.05, 4.69) is 49.4 Å². The van der Waals surface area contributed by atoms with E-state index in [-0.39, 0.29) is 29.7 Å². The van der Waals surface area contributed by atoms with Gasteiger partial charge in [0.15, 0.2) is 0 Å². The fraction of sp³-hybridized carbons (Fsp3) is 0.500. The van der Waals surface area contributed by atoms with Crippen LogP contribution in [0.3, 0.4) is 0 Å². The number of hydrogen-bond acceptors (Lipinski definition) is 6. The maximum atomic E-state index is 14.5. The smallest absolute Gasteiger partial charge is 0.258 e. The number of benzene rings is 2. The summed E-state index contributed by atoms with van der Waals surface area (Å²) in [5, 5.41) is 11.0. The van der Waals surface area contributed by atoms with Gasteiger partial charge in [-0.15, -0.1) is 0 Å². The number of halogens is 2. The molecule has 12 heteroatoms. The van der Waals surface area contributed by atoms with Crippen LogP contribution < -0.4 is 10.2 Å². The number of nitrogens with zero attached hydrogens (tertiary/aromatic N) is 4. The summed E-state index contributed by atoms with van der Waals surface area (Å²) in [6, 6.07) is 16.2. The molecule has 3 N–H and O–H groups in total. The van der Waals surface area contributed by atoms with Gasteiger partial charge < -0.3 is 14.8 Å². The molecular weight excluding hydrogens is 664 g/mol. The minimum Gasteiger partial charge on any atom is -0.372 e. The molecule has 3 aliphatic heterocycles. The Morgan fingerprint density at radius 1 is 1.00 bits per heavy atom. The van der Waals surface area contributed by atoms with Gasteiger partial charge in [0.05, 0.1) is 11.6 Å². The molecule has 1 saturated carbocycles. The molecule has 272 valence electrons. The zero-order chi connectivity index (χ0) is 35.9. The molecule has 4 atom stereocenters. The summed E-state index contributed by atoms with van der Waals surface area (Å²) < 4.78 is 29.0. The molecule has 0 bridgehead atoms. The van der Waals surface area contributed by atoms with Crippen molar-refractivity contribution in [2.75, 3.05) is 44.2 Å². The second kappa shape index (κ2) is 12.2. The molecule has 9 rings (SSSR count). The van der Waals surface area contributed by atoms with E-state index in [9.17, 15) is 23.2 Å². The number of imide groups is 1. The molecule has 2 aromatic carbocycles. The largest absolute Gasteiger partial charge is 0.372 e. The highest BCUT2D eigenvalue weighted by molar-refractivity contribution is 6.01. The van der Waals surface area contributed by atoms with Crippen LogP contribution in [0, 0.1) is 17.3 Å². The lowest BCUT2D eigenvalue weighted by atomic mass is 9.87. The number of piperazine rings is 1. The minimum atomic E-state index is -2.64. The van der Waals surface area contributed by atoms with Gasteiger partial charge in [0, 0.05) is 103 Å². The van der Waals surface area contributed by atoms with Gasteiger partial charge in [0.1, 0.15) is 5.69 Å². The molecule has 5 heterocycles. The number of amides is 3. The first-order chi connectivity index (χ1) is 25.0. The number of carbonyl (C=O) groups excluding carboxylic acids is 3. The van der Waals surface area contributed by atoms with Crippen LogP contribution in [0.5, 0.6) is 0 Å². The van der Waals surface area contributed by atoms with Gasteiger partial charge in [-0.2, -0.15) is 5.10 Å². The number of rotatable bonds is 6. The van der Waals surface area contributed by atoms with Crippen LogP contribution in [0.2, 0.25) is 0 Å². The molecule has 1 unspecified atom stereocenters. The Hall–Kier alpha value is -4.58. The van der Waals surface area contributed by atoms with Crippen LogP contribution in [0.25, 0.3) is 22.3 Å². The third kappa shape index (κ3) is 5.52. The Labute approximate surface area is 301 Å². The van der Waals surface area contributed by atoms with Crippen LogP contribution >= 0.6 is 0 Å². The van der Waals surface area contributed by atoms with E-state index in [1.54, 1.807) is 6.92 Å². The van der Waals surface area contributed by atoms with Gasteiger partial charge >= 0.3 is 0 Å². The fourth-order valence-corrected chi connectivity index (χ4v) is 9.49. The van der Waals surface area contributed by atoms with E-state index >= 15 is 0 Å². The van der Waals surface area contributed by atoms with Gasteiger partial charge in [-0.25, -0.2) is 8.78 Å². The van der Waals surface area contributed by atoms with Crippen LogP contribution in [-0.4, -0.2) is 93.9 Å². The normalized spacial score (nSPS) is 27.7. The molecule has 2 aromatic heterocycles. The highest BCUT2D eigenvalue weighted by Crippen LogP contribution is 2.70. The zero-order valence-electron chi connectivity index (χ0n) is 29.7. The molecular formula is C40H45F2N7O3. The van der Waals surface area contributed by atoms with Crippen molar-refractivity contribution in [1.29, 1.82) is 0 Å². The second-order valence-corrected chi connectivity index (χ2v) is 16.1. The monoisotopic (exact) mass is 709 g/mol. The van der Waals surface area contributed by atoms with Crippen molar-refractivity contribution < 1.29 is 23.2 Å². The summed E-state index contributed by atoms with van der Waals surface area (Å²) in [5.41, 5.74) is 5.77. The van der Waals surface area contributed by atoms with Crippen molar-refractivity contribution in [2.45, 2.75) is 70.3 Å². The third-order valence-electron chi connectivity index (χ3n) is 13.0. The lowest BCUT2D eigenvalue weighted by Crippen LogP contribution is -2.55. The van der Waals surface area contributed by atoms with Crippen molar-refractivity contribution in [2.24, 2.45) is 17.3 Å². The Bertz CT molecular complexity index is 2070. The predicted octanol–water partition coefficient (Wildman–Crippen LogP) is 5.51.